The van der Waals surface area contributed by atoms with Crippen molar-refractivity contribution in [3.05, 3.63) is 29.6 Å². The monoisotopic (exact) mass is 299 g/mol. The number of rotatable bonds is 2. The molecule has 0 unspecified atom stereocenters. The highest BCUT2D eigenvalue weighted by atomic mass is 16.1. The highest BCUT2D eigenvalue weighted by molar-refractivity contribution is 6.04. The number of fused-ring (bicyclic) bond motifs is 1. The Morgan fingerprint density at radius 1 is 1.23 bits per heavy atom. The van der Waals surface area contributed by atoms with Gasteiger partial charge in [0, 0.05) is 5.92 Å². The fourth-order valence-electron chi connectivity index (χ4n) is 3.68. The summed E-state index contributed by atoms with van der Waals surface area (Å²) in [7, 11) is 0. The number of aromatic amines is 1. The van der Waals surface area contributed by atoms with Gasteiger partial charge < -0.3 is 10.7 Å². The van der Waals surface area contributed by atoms with Crippen LogP contribution in [-0.4, -0.2) is 15.9 Å². The topological polar surface area (TPSA) is 71.8 Å². The molecule has 1 fully saturated rings. The van der Waals surface area contributed by atoms with Gasteiger partial charge in [-0.2, -0.15) is 0 Å². The Bertz CT molecular complexity index is 688. The van der Waals surface area contributed by atoms with Crippen molar-refractivity contribution in [3.8, 4) is 0 Å². The third kappa shape index (κ3) is 2.74. The van der Waals surface area contributed by atoms with Crippen molar-refractivity contribution < 1.29 is 4.79 Å². The largest absolute Gasteiger partial charge is 0.366 e. The first kappa shape index (κ1) is 15.1. The van der Waals surface area contributed by atoms with Crippen LogP contribution in [-0.2, 0) is 0 Å². The lowest BCUT2D eigenvalue weighted by atomic mass is 9.70. The third-order valence-electron chi connectivity index (χ3n) is 5.14. The van der Waals surface area contributed by atoms with Crippen LogP contribution in [0.5, 0.6) is 0 Å². The Morgan fingerprint density at radius 2 is 1.91 bits per heavy atom. The van der Waals surface area contributed by atoms with E-state index in [4.69, 9.17) is 5.73 Å². The van der Waals surface area contributed by atoms with Gasteiger partial charge in [0.05, 0.1) is 11.1 Å². The van der Waals surface area contributed by atoms with Crippen molar-refractivity contribution in [2.45, 2.75) is 52.4 Å². The molecular formula is C18H25N3O. The number of H-pyrrole nitrogens is 1. The van der Waals surface area contributed by atoms with E-state index in [1.807, 2.05) is 12.1 Å². The summed E-state index contributed by atoms with van der Waals surface area (Å²) < 4.78 is 0. The smallest absolute Gasteiger partial charge is 0.250 e. The van der Waals surface area contributed by atoms with Gasteiger partial charge in [-0.15, -0.1) is 0 Å². The van der Waals surface area contributed by atoms with E-state index in [-0.39, 0.29) is 0 Å². The summed E-state index contributed by atoms with van der Waals surface area (Å²) >= 11 is 0. The van der Waals surface area contributed by atoms with Gasteiger partial charge in [0.15, 0.2) is 0 Å². The van der Waals surface area contributed by atoms with Crippen molar-refractivity contribution in [3.63, 3.8) is 0 Å². The maximum absolute atomic E-state index is 11.5. The summed E-state index contributed by atoms with van der Waals surface area (Å²) in [6, 6.07) is 5.55. The quantitative estimate of drug-likeness (QED) is 0.880. The highest BCUT2D eigenvalue weighted by Gasteiger charge is 2.31. The van der Waals surface area contributed by atoms with Crippen molar-refractivity contribution in [1.29, 1.82) is 0 Å². The average molecular weight is 299 g/mol. The zero-order valence-corrected chi connectivity index (χ0v) is 13.6. The number of carbonyl (C=O) groups is 1. The molecule has 0 atom stereocenters. The van der Waals surface area contributed by atoms with Crippen LogP contribution >= 0.6 is 0 Å². The molecule has 0 saturated heterocycles. The van der Waals surface area contributed by atoms with Gasteiger partial charge in [-0.1, -0.05) is 26.8 Å². The Hall–Kier alpha value is -1.84. The van der Waals surface area contributed by atoms with Crippen LogP contribution in [0.4, 0.5) is 0 Å². The van der Waals surface area contributed by atoms with Gasteiger partial charge in [0.25, 0.3) is 5.91 Å². The molecule has 1 heterocycles. The zero-order valence-electron chi connectivity index (χ0n) is 13.6. The number of hydrogen-bond donors (Lipinski definition) is 2. The number of benzene rings is 1. The number of nitrogens with one attached hydrogen (secondary N) is 1. The normalized spacial score (nSPS) is 22.9. The number of nitrogens with zero attached hydrogens (tertiary/aromatic N) is 1. The number of primary amides is 1. The van der Waals surface area contributed by atoms with E-state index in [9.17, 15) is 4.79 Å². The molecule has 4 heteroatoms. The molecule has 1 aromatic carbocycles. The van der Waals surface area contributed by atoms with E-state index in [2.05, 4.69) is 30.7 Å². The van der Waals surface area contributed by atoms with Crippen LogP contribution in [0.1, 0.15) is 68.6 Å². The van der Waals surface area contributed by atoms with Gasteiger partial charge in [-0.05, 0) is 49.1 Å². The molecule has 0 radical (unpaired) electrons. The Morgan fingerprint density at radius 3 is 2.50 bits per heavy atom. The van der Waals surface area contributed by atoms with E-state index in [1.165, 1.54) is 12.8 Å². The van der Waals surface area contributed by atoms with Crippen LogP contribution in [0.25, 0.3) is 11.0 Å². The maximum atomic E-state index is 11.5. The average Bonchev–Trinajstić information content (AvgIpc) is 2.90. The molecule has 0 bridgehead atoms. The minimum atomic E-state index is -0.417. The highest BCUT2D eigenvalue weighted by Crippen LogP contribution is 2.42. The van der Waals surface area contributed by atoms with Crippen molar-refractivity contribution in [2.75, 3.05) is 0 Å². The number of amides is 1. The fourth-order valence-corrected chi connectivity index (χ4v) is 3.68. The molecule has 1 aliphatic carbocycles. The first-order valence-corrected chi connectivity index (χ1v) is 8.14. The predicted octanol–water partition coefficient (Wildman–Crippen LogP) is 3.98. The first-order valence-electron chi connectivity index (χ1n) is 8.14. The van der Waals surface area contributed by atoms with E-state index in [0.717, 1.165) is 30.1 Å². The lowest BCUT2D eigenvalue weighted by Gasteiger charge is -2.36. The maximum Gasteiger partial charge on any atom is 0.250 e. The molecule has 3 N–H and O–H groups in total. The molecule has 0 spiro atoms. The Balaban J connectivity index is 1.84. The number of hydrogen-bond acceptors (Lipinski definition) is 2. The fraction of sp³-hybridized carbons (Fsp3) is 0.556. The Labute approximate surface area is 131 Å². The lowest BCUT2D eigenvalue weighted by Crippen LogP contribution is -2.25. The van der Waals surface area contributed by atoms with Gasteiger partial charge in [0.2, 0.25) is 0 Å². The molecule has 0 aliphatic heterocycles. The van der Waals surface area contributed by atoms with Gasteiger partial charge in [0.1, 0.15) is 11.3 Å². The van der Waals surface area contributed by atoms with Crippen molar-refractivity contribution >= 4 is 16.9 Å². The molecule has 1 saturated carbocycles. The van der Waals surface area contributed by atoms with Gasteiger partial charge >= 0.3 is 0 Å². The summed E-state index contributed by atoms with van der Waals surface area (Å²) in [5.74, 6) is 1.84. The summed E-state index contributed by atoms with van der Waals surface area (Å²) in [6.07, 6.45) is 4.81. The third-order valence-corrected chi connectivity index (χ3v) is 5.14. The minimum absolute atomic E-state index is 0.387. The molecule has 1 aromatic heterocycles. The SMILES string of the molecule is CC(C)(C)C1CCC(c2nc3c(C(N)=O)cccc3[nH]2)CC1. The molecule has 3 rings (SSSR count). The molecule has 118 valence electrons. The van der Waals surface area contributed by atoms with Crippen LogP contribution in [0.2, 0.25) is 0 Å². The first-order chi connectivity index (χ1) is 10.4. The number of aromatic nitrogens is 2. The van der Waals surface area contributed by atoms with Crippen molar-refractivity contribution in [2.24, 2.45) is 17.1 Å². The summed E-state index contributed by atoms with van der Waals surface area (Å²) in [5.41, 5.74) is 7.95. The number of carbonyl (C=O) groups excluding carboxylic acids is 1. The minimum Gasteiger partial charge on any atom is -0.366 e. The number of nitrogens with two attached hydrogens (primary N) is 1. The number of imidazole rings is 1. The number of para-hydroxylation sites is 1. The van der Waals surface area contributed by atoms with E-state index in [1.54, 1.807) is 6.07 Å². The van der Waals surface area contributed by atoms with E-state index >= 15 is 0 Å². The molecule has 1 amide bonds. The molecule has 22 heavy (non-hydrogen) atoms. The van der Waals surface area contributed by atoms with Crippen LogP contribution < -0.4 is 5.73 Å². The molecule has 4 nitrogen and oxygen atoms in total. The standard InChI is InChI=1S/C18H25N3O/c1-18(2,3)12-9-7-11(8-10-12)17-20-14-6-4-5-13(16(19)22)15(14)21-17/h4-6,11-12H,7-10H2,1-3H3,(H2,19,22)(H,20,21). The van der Waals surface area contributed by atoms with Crippen LogP contribution in [0.15, 0.2) is 18.2 Å². The second kappa shape index (κ2) is 5.41. The molecule has 1 aliphatic rings. The van der Waals surface area contributed by atoms with Crippen LogP contribution in [0, 0.1) is 11.3 Å². The Kier molecular flexibility index (Phi) is 3.71. The van der Waals surface area contributed by atoms with Gasteiger partial charge in [-0.3, -0.25) is 4.79 Å². The summed E-state index contributed by atoms with van der Waals surface area (Å²) in [5, 5.41) is 0. The second-order valence-corrected chi connectivity index (χ2v) is 7.60. The summed E-state index contributed by atoms with van der Waals surface area (Å²) in [6.45, 7) is 6.99. The van der Waals surface area contributed by atoms with E-state index in [0.29, 0.717) is 22.4 Å². The van der Waals surface area contributed by atoms with Gasteiger partial charge in [-0.25, -0.2) is 4.98 Å². The summed E-state index contributed by atoms with van der Waals surface area (Å²) in [4.78, 5) is 19.6. The lowest BCUT2D eigenvalue weighted by molar-refractivity contribution is 0.100. The molecule has 2 aromatic rings. The van der Waals surface area contributed by atoms with E-state index < -0.39 is 5.91 Å². The predicted molar refractivity (Wildman–Crippen MR) is 88.8 cm³/mol. The second-order valence-electron chi connectivity index (χ2n) is 7.60. The molecular weight excluding hydrogens is 274 g/mol. The zero-order chi connectivity index (χ0) is 15.9. The van der Waals surface area contributed by atoms with Crippen molar-refractivity contribution in [1.82, 2.24) is 9.97 Å². The van der Waals surface area contributed by atoms with Crippen LogP contribution in [0.3, 0.4) is 0 Å².